The minimum atomic E-state index is 1.09. The van der Waals surface area contributed by atoms with Gasteiger partial charge in [0.25, 0.3) is 5.82 Å². The zero-order valence-corrected chi connectivity index (χ0v) is 9.79. The summed E-state index contributed by atoms with van der Waals surface area (Å²) in [6.07, 6.45) is 9.50. The minimum absolute atomic E-state index is 1.09. The molecule has 1 rings (SSSR count). The summed E-state index contributed by atoms with van der Waals surface area (Å²) in [5.74, 6) is 1.46. The van der Waals surface area contributed by atoms with E-state index in [1.54, 1.807) is 0 Å². The molecule has 0 saturated heterocycles. The van der Waals surface area contributed by atoms with Crippen LogP contribution in [-0.4, -0.2) is 4.57 Å². The molecular formula is C12H23N2+. The summed E-state index contributed by atoms with van der Waals surface area (Å²) in [4.78, 5) is 0. The van der Waals surface area contributed by atoms with E-state index in [4.69, 9.17) is 0 Å². The summed E-state index contributed by atoms with van der Waals surface area (Å²) in [5.41, 5.74) is 0. The lowest BCUT2D eigenvalue weighted by molar-refractivity contribution is -0.704. The molecule has 2 nitrogen and oxygen atoms in total. The molecule has 0 N–H and O–H groups in total. The predicted molar refractivity (Wildman–Crippen MR) is 59.2 cm³/mol. The molecule has 1 aromatic heterocycles. The first-order chi connectivity index (χ1) is 6.83. The van der Waals surface area contributed by atoms with Crippen molar-refractivity contribution in [3.8, 4) is 0 Å². The summed E-state index contributed by atoms with van der Waals surface area (Å²) < 4.78 is 4.74. The van der Waals surface area contributed by atoms with Gasteiger partial charge >= 0.3 is 0 Å². The van der Waals surface area contributed by atoms with Crippen molar-refractivity contribution >= 4 is 0 Å². The molecule has 0 unspecified atom stereocenters. The monoisotopic (exact) mass is 195 g/mol. The summed E-state index contributed by atoms with van der Waals surface area (Å²) in [5, 5.41) is 0. The lowest BCUT2D eigenvalue weighted by Gasteiger charge is -2.01. The predicted octanol–water partition coefficient (Wildman–Crippen LogP) is 2.55. The van der Waals surface area contributed by atoms with Gasteiger partial charge in [-0.3, -0.25) is 0 Å². The number of hydrogen-bond donors (Lipinski definition) is 0. The Labute approximate surface area is 87.6 Å². The SMILES string of the molecule is CCCCC[n+]1ccn(CC)c1CC. The molecule has 0 aliphatic heterocycles. The van der Waals surface area contributed by atoms with Gasteiger partial charge < -0.3 is 0 Å². The van der Waals surface area contributed by atoms with Crippen molar-refractivity contribution in [2.45, 2.75) is 59.5 Å². The first kappa shape index (κ1) is 11.3. The highest BCUT2D eigenvalue weighted by molar-refractivity contribution is 4.82. The second-order valence-electron chi connectivity index (χ2n) is 3.75. The zero-order valence-electron chi connectivity index (χ0n) is 9.79. The van der Waals surface area contributed by atoms with E-state index in [2.05, 4.69) is 42.3 Å². The molecule has 0 saturated carbocycles. The number of imidazole rings is 1. The Morgan fingerprint density at radius 3 is 2.57 bits per heavy atom. The van der Waals surface area contributed by atoms with Gasteiger partial charge in [-0.25, -0.2) is 9.13 Å². The molecule has 0 aromatic carbocycles. The number of aromatic nitrogens is 2. The van der Waals surface area contributed by atoms with Crippen molar-refractivity contribution in [2.24, 2.45) is 0 Å². The molecule has 0 fully saturated rings. The van der Waals surface area contributed by atoms with Gasteiger partial charge in [-0.05, 0) is 19.8 Å². The Bertz CT molecular complexity index is 263. The van der Waals surface area contributed by atoms with Crippen LogP contribution in [0.2, 0.25) is 0 Å². The third kappa shape index (κ3) is 2.60. The van der Waals surface area contributed by atoms with Crippen molar-refractivity contribution in [3.05, 3.63) is 18.2 Å². The maximum Gasteiger partial charge on any atom is 0.256 e. The van der Waals surface area contributed by atoms with Crippen molar-refractivity contribution in [3.63, 3.8) is 0 Å². The second kappa shape index (κ2) is 5.84. The molecule has 0 aliphatic carbocycles. The van der Waals surface area contributed by atoms with Gasteiger partial charge in [0.1, 0.15) is 12.4 Å². The average molecular weight is 195 g/mol. The molecule has 1 aromatic rings. The third-order valence-corrected chi connectivity index (χ3v) is 2.75. The van der Waals surface area contributed by atoms with E-state index in [1.165, 1.54) is 31.6 Å². The molecule has 0 bridgehead atoms. The number of unbranched alkanes of at least 4 members (excludes halogenated alkanes) is 2. The number of hydrogen-bond acceptors (Lipinski definition) is 0. The van der Waals surface area contributed by atoms with Crippen LogP contribution < -0.4 is 4.57 Å². The van der Waals surface area contributed by atoms with Gasteiger partial charge in [0, 0.05) is 6.42 Å². The Morgan fingerprint density at radius 1 is 1.21 bits per heavy atom. The van der Waals surface area contributed by atoms with Gasteiger partial charge in [0.2, 0.25) is 0 Å². The van der Waals surface area contributed by atoms with Crippen LogP contribution in [0, 0.1) is 0 Å². The number of rotatable bonds is 6. The van der Waals surface area contributed by atoms with Crippen LogP contribution in [0.3, 0.4) is 0 Å². The van der Waals surface area contributed by atoms with Crippen molar-refractivity contribution in [1.82, 2.24) is 4.57 Å². The van der Waals surface area contributed by atoms with Crippen molar-refractivity contribution < 1.29 is 4.57 Å². The van der Waals surface area contributed by atoms with Gasteiger partial charge in [-0.1, -0.05) is 20.3 Å². The van der Waals surface area contributed by atoms with E-state index in [0.717, 1.165) is 13.0 Å². The van der Waals surface area contributed by atoms with Gasteiger partial charge in [-0.15, -0.1) is 0 Å². The summed E-state index contributed by atoms with van der Waals surface area (Å²) in [6, 6.07) is 0. The lowest BCUT2D eigenvalue weighted by Crippen LogP contribution is -2.36. The molecule has 2 heteroatoms. The fraction of sp³-hybridized carbons (Fsp3) is 0.750. The maximum atomic E-state index is 2.40. The Balaban J connectivity index is 2.61. The molecule has 1 heterocycles. The Morgan fingerprint density at radius 2 is 2.00 bits per heavy atom. The molecule has 0 atom stereocenters. The van der Waals surface area contributed by atoms with E-state index in [-0.39, 0.29) is 0 Å². The number of nitrogens with zero attached hydrogens (tertiary/aromatic N) is 2. The fourth-order valence-electron chi connectivity index (χ4n) is 1.93. The number of aryl methyl sites for hydroxylation is 2. The zero-order chi connectivity index (χ0) is 10.4. The summed E-state index contributed by atoms with van der Waals surface area (Å²) in [7, 11) is 0. The second-order valence-corrected chi connectivity index (χ2v) is 3.75. The van der Waals surface area contributed by atoms with Crippen LogP contribution in [0.25, 0.3) is 0 Å². The highest BCUT2D eigenvalue weighted by atomic mass is 15.1. The van der Waals surface area contributed by atoms with Crippen LogP contribution in [0.4, 0.5) is 0 Å². The van der Waals surface area contributed by atoms with Gasteiger partial charge in [0.15, 0.2) is 0 Å². The topological polar surface area (TPSA) is 8.81 Å². The van der Waals surface area contributed by atoms with Crippen LogP contribution in [0.15, 0.2) is 12.4 Å². The standard InChI is InChI=1S/C12H23N2/c1-4-7-8-9-14-11-10-13(6-3)12(14)5-2/h10-11H,4-9H2,1-3H3/q+1. The maximum absolute atomic E-state index is 2.40. The summed E-state index contributed by atoms with van der Waals surface area (Å²) >= 11 is 0. The molecule has 0 radical (unpaired) electrons. The summed E-state index contributed by atoms with van der Waals surface area (Å²) in [6.45, 7) is 8.96. The van der Waals surface area contributed by atoms with E-state index in [1.807, 2.05) is 0 Å². The minimum Gasteiger partial charge on any atom is -0.235 e. The first-order valence-corrected chi connectivity index (χ1v) is 5.90. The quantitative estimate of drug-likeness (QED) is 0.487. The van der Waals surface area contributed by atoms with Crippen LogP contribution in [0.5, 0.6) is 0 Å². The molecule has 0 spiro atoms. The molecular weight excluding hydrogens is 172 g/mol. The Kier molecular flexibility index (Phi) is 4.71. The lowest BCUT2D eigenvalue weighted by atomic mass is 10.2. The van der Waals surface area contributed by atoms with Crippen molar-refractivity contribution in [2.75, 3.05) is 0 Å². The van der Waals surface area contributed by atoms with Crippen LogP contribution in [0.1, 0.15) is 45.9 Å². The van der Waals surface area contributed by atoms with Gasteiger partial charge in [-0.2, -0.15) is 0 Å². The van der Waals surface area contributed by atoms with Crippen LogP contribution >= 0.6 is 0 Å². The molecule has 14 heavy (non-hydrogen) atoms. The normalized spacial score (nSPS) is 10.8. The molecule has 80 valence electrons. The Hall–Kier alpha value is -0.790. The van der Waals surface area contributed by atoms with Crippen LogP contribution in [-0.2, 0) is 19.5 Å². The average Bonchev–Trinajstić information content (AvgIpc) is 2.60. The van der Waals surface area contributed by atoms with Gasteiger partial charge in [0.05, 0.1) is 13.1 Å². The molecule has 0 amide bonds. The highest BCUT2D eigenvalue weighted by Crippen LogP contribution is 1.99. The molecule has 0 aliphatic rings. The van der Waals surface area contributed by atoms with Crippen molar-refractivity contribution in [1.29, 1.82) is 0 Å². The van der Waals surface area contributed by atoms with E-state index in [0.29, 0.717) is 0 Å². The van der Waals surface area contributed by atoms with E-state index >= 15 is 0 Å². The first-order valence-electron chi connectivity index (χ1n) is 5.90. The van der Waals surface area contributed by atoms with E-state index < -0.39 is 0 Å². The largest absolute Gasteiger partial charge is 0.256 e. The third-order valence-electron chi connectivity index (χ3n) is 2.75. The fourth-order valence-corrected chi connectivity index (χ4v) is 1.93. The highest BCUT2D eigenvalue weighted by Gasteiger charge is 2.12. The van der Waals surface area contributed by atoms with E-state index in [9.17, 15) is 0 Å². The smallest absolute Gasteiger partial charge is 0.235 e.